The average Bonchev–Trinajstić information content (AvgIpc) is 2.98. The minimum atomic E-state index is 0. The number of ether oxygens (including phenoxy) is 1. The van der Waals surface area contributed by atoms with Crippen LogP contribution in [0.2, 0.25) is 0 Å². The predicted molar refractivity (Wildman–Crippen MR) is 196 cm³/mol. The third-order valence-corrected chi connectivity index (χ3v) is 9.28. The first kappa shape index (κ1) is 44.9. The summed E-state index contributed by atoms with van der Waals surface area (Å²) in [7, 11) is 0. The van der Waals surface area contributed by atoms with Crippen molar-refractivity contribution in [1.82, 2.24) is 0 Å². The van der Waals surface area contributed by atoms with Crippen molar-refractivity contribution in [3.05, 3.63) is 0 Å². The van der Waals surface area contributed by atoms with Gasteiger partial charge in [-0.1, -0.05) is 232 Å². The fourth-order valence-corrected chi connectivity index (χ4v) is 6.31. The minimum Gasteiger partial charge on any atom is -1.00 e. The molecule has 0 saturated carbocycles. The summed E-state index contributed by atoms with van der Waals surface area (Å²) in [6.45, 7) is 6.61. The summed E-state index contributed by atoms with van der Waals surface area (Å²) in [4.78, 5) is 0. The molecule has 1 nitrogen and oxygen atoms in total. The van der Waals surface area contributed by atoms with Crippen LogP contribution >= 0.6 is 0 Å². The number of unbranched alkanes of at least 4 members (excludes halogenated alkanes) is 34. The van der Waals surface area contributed by atoms with Gasteiger partial charge in [0.25, 0.3) is 0 Å². The van der Waals surface area contributed by atoms with E-state index in [1.165, 1.54) is 231 Å². The quantitative estimate of drug-likeness (QED) is 0.0503. The van der Waals surface area contributed by atoms with Crippen molar-refractivity contribution in [1.29, 1.82) is 0 Å². The SMILES string of the molecule is CCCCCCCCCCCCCCCCCCCCOCCCCCCCCCCCCCCCCCCCC.[H-].[H-].[Mg+2]. The molecule has 0 aromatic rings. The number of hydrogen-bond acceptors (Lipinski definition) is 1. The molecule has 42 heavy (non-hydrogen) atoms. The molecule has 0 rings (SSSR count). The maximum Gasteiger partial charge on any atom is 2.00 e. The number of rotatable bonds is 38. The molecule has 0 heterocycles. The van der Waals surface area contributed by atoms with Crippen molar-refractivity contribution in [3.8, 4) is 0 Å². The molecule has 0 spiro atoms. The first-order valence-corrected chi connectivity index (χ1v) is 20.0. The Hall–Kier alpha value is 0.726. The molecule has 0 bridgehead atoms. The van der Waals surface area contributed by atoms with E-state index in [1.807, 2.05) is 0 Å². The zero-order chi connectivity index (χ0) is 29.6. The van der Waals surface area contributed by atoms with E-state index >= 15 is 0 Å². The van der Waals surface area contributed by atoms with Gasteiger partial charge in [-0.2, -0.15) is 0 Å². The van der Waals surface area contributed by atoms with Gasteiger partial charge in [0.15, 0.2) is 0 Å². The standard InChI is InChI=1S/C40H82O.Mg.2H/c1-3-5-7-9-11-13-15-17-19-21-23-25-27-29-31-33-35-37-39-41-40-38-36-34-32-30-28-26-24-22-20-18-16-14-12-10-8-6-4-2;;;/h3-40H2,1-2H3;;;/q;+2;2*-1. The van der Waals surface area contributed by atoms with Crippen LogP contribution in [0.3, 0.4) is 0 Å². The van der Waals surface area contributed by atoms with Gasteiger partial charge < -0.3 is 7.59 Å². The summed E-state index contributed by atoms with van der Waals surface area (Å²) < 4.78 is 5.89. The average molecular weight is 605 g/mol. The van der Waals surface area contributed by atoms with Crippen LogP contribution in [0, 0.1) is 0 Å². The predicted octanol–water partition coefficient (Wildman–Crippen LogP) is 14.9. The second-order valence-electron chi connectivity index (χ2n) is 13.6. The van der Waals surface area contributed by atoms with Crippen molar-refractivity contribution >= 4 is 23.1 Å². The van der Waals surface area contributed by atoms with Gasteiger partial charge in [-0.3, -0.25) is 0 Å². The minimum absolute atomic E-state index is 0. The molecular formula is C40H84MgO. The fourth-order valence-electron chi connectivity index (χ4n) is 6.31. The molecule has 0 radical (unpaired) electrons. The third kappa shape index (κ3) is 42.9. The molecule has 0 saturated heterocycles. The zero-order valence-electron chi connectivity index (χ0n) is 32.0. The molecule has 0 aliphatic heterocycles. The maximum atomic E-state index is 5.89. The van der Waals surface area contributed by atoms with E-state index in [0.717, 1.165) is 13.2 Å². The van der Waals surface area contributed by atoms with Crippen LogP contribution in [0.15, 0.2) is 0 Å². The van der Waals surface area contributed by atoms with Crippen molar-refractivity contribution in [2.75, 3.05) is 13.2 Å². The molecule has 0 atom stereocenters. The van der Waals surface area contributed by atoms with Gasteiger partial charge in [-0.05, 0) is 12.8 Å². The molecule has 0 N–H and O–H groups in total. The Kier molecular flexibility index (Phi) is 46.8. The van der Waals surface area contributed by atoms with Crippen LogP contribution < -0.4 is 0 Å². The van der Waals surface area contributed by atoms with Gasteiger partial charge in [-0.25, -0.2) is 0 Å². The van der Waals surface area contributed by atoms with Crippen molar-refractivity contribution in [3.63, 3.8) is 0 Å². The van der Waals surface area contributed by atoms with Gasteiger partial charge in [0.05, 0.1) is 0 Å². The van der Waals surface area contributed by atoms with Crippen LogP contribution in [-0.4, -0.2) is 36.3 Å². The second-order valence-corrected chi connectivity index (χ2v) is 13.6. The molecule has 0 aromatic heterocycles. The van der Waals surface area contributed by atoms with Crippen LogP contribution in [-0.2, 0) is 4.74 Å². The molecule has 0 amide bonds. The maximum absolute atomic E-state index is 5.89. The Morgan fingerprint density at radius 1 is 0.238 bits per heavy atom. The summed E-state index contributed by atoms with van der Waals surface area (Å²) in [5, 5.41) is 0. The molecule has 0 aromatic carbocycles. The van der Waals surface area contributed by atoms with Crippen molar-refractivity contribution < 1.29 is 7.59 Å². The first-order valence-electron chi connectivity index (χ1n) is 20.0. The Bertz CT molecular complexity index is 400. The van der Waals surface area contributed by atoms with E-state index in [9.17, 15) is 0 Å². The van der Waals surface area contributed by atoms with E-state index in [0.29, 0.717) is 0 Å². The Morgan fingerprint density at radius 2 is 0.381 bits per heavy atom. The van der Waals surface area contributed by atoms with Crippen LogP contribution in [0.5, 0.6) is 0 Å². The van der Waals surface area contributed by atoms with Gasteiger partial charge in [-0.15, -0.1) is 0 Å². The molecule has 0 aliphatic rings. The van der Waals surface area contributed by atoms with Crippen LogP contribution in [0.25, 0.3) is 0 Å². The van der Waals surface area contributed by atoms with Gasteiger partial charge in [0, 0.05) is 13.2 Å². The molecule has 0 unspecified atom stereocenters. The van der Waals surface area contributed by atoms with Crippen molar-refractivity contribution in [2.24, 2.45) is 0 Å². The van der Waals surface area contributed by atoms with E-state index in [-0.39, 0.29) is 25.9 Å². The monoisotopic (exact) mass is 605 g/mol. The Morgan fingerprint density at radius 3 is 0.548 bits per heavy atom. The summed E-state index contributed by atoms with van der Waals surface area (Å²) in [5.41, 5.74) is 0. The zero-order valence-corrected chi connectivity index (χ0v) is 31.4. The molecule has 0 fully saturated rings. The summed E-state index contributed by atoms with van der Waals surface area (Å²) >= 11 is 0. The van der Waals surface area contributed by atoms with Crippen LogP contribution in [0.4, 0.5) is 0 Å². The topological polar surface area (TPSA) is 9.23 Å². The van der Waals surface area contributed by atoms with E-state index in [4.69, 9.17) is 4.74 Å². The summed E-state index contributed by atoms with van der Waals surface area (Å²) in [6, 6.07) is 0. The van der Waals surface area contributed by atoms with Gasteiger partial charge in [0.2, 0.25) is 0 Å². The first-order chi connectivity index (χ1) is 20.4. The summed E-state index contributed by atoms with van der Waals surface area (Å²) in [5.74, 6) is 0. The Labute approximate surface area is 287 Å². The van der Waals surface area contributed by atoms with E-state index in [1.54, 1.807) is 0 Å². The number of hydrogen-bond donors (Lipinski definition) is 0. The third-order valence-electron chi connectivity index (χ3n) is 9.28. The molecule has 2 heteroatoms. The van der Waals surface area contributed by atoms with Crippen molar-refractivity contribution in [2.45, 2.75) is 245 Å². The molecular weight excluding hydrogens is 521 g/mol. The fraction of sp³-hybridized carbons (Fsp3) is 1.00. The largest absolute Gasteiger partial charge is 2.00 e. The normalized spacial score (nSPS) is 11.3. The van der Waals surface area contributed by atoms with E-state index < -0.39 is 0 Å². The van der Waals surface area contributed by atoms with Gasteiger partial charge in [0.1, 0.15) is 0 Å². The van der Waals surface area contributed by atoms with E-state index in [2.05, 4.69) is 13.8 Å². The smallest absolute Gasteiger partial charge is 1.00 e. The van der Waals surface area contributed by atoms with Gasteiger partial charge >= 0.3 is 23.1 Å². The summed E-state index contributed by atoms with van der Waals surface area (Å²) in [6.07, 6.45) is 52.0. The Balaban J connectivity index is -0.00000267. The van der Waals surface area contributed by atoms with Crippen LogP contribution in [0.1, 0.15) is 248 Å². The second kappa shape index (κ2) is 43.9. The molecule has 0 aliphatic carbocycles. The molecule has 252 valence electrons.